The van der Waals surface area contributed by atoms with Gasteiger partial charge in [0.2, 0.25) is 12.7 Å². The summed E-state index contributed by atoms with van der Waals surface area (Å²) in [5, 5.41) is 7.49. The molecule has 0 bridgehead atoms. The average molecular weight is 349 g/mol. The van der Waals surface area contributed by atoms with Crippen molar-refractivity contribution in [3.63, 3.8) is 0 Å². The molecule has 7 heteroatoms. The molecule has 1 saturated heterocycles. The number of carbonyl (C=O) groups excluding carboxylic acids is 1. The predicted molar refractivity (Wildman–Crippen MR) is 94.7 cm³/mol. The Bertz CT molecular complexity index is 636. The zero-order valence-corrected chi connectivity index (χ0v) is 14.9. The quantitative estimate of drug-likeness (QED) is 0.839. The third-order valence-corrected chi connectivity index (χ3v) is 4.36. The summed E-state index contributed by atoms with van der Waals surface area (Å²) in [5.41, 5.74) is 0.914. The number of thiocarbonyl (C=S) groups is 1. The van der Waals surface area contributed by atoms with Crippen LogP contribution in [0.4, 0.5) is 0 Å². The van der Waals surface area contributed by atoms with Crippen molar-refractivity contribution in [1.29, 1.82) is 0 Å². The van der Waals surface area contributed by atoms with E-state index >= 15 is 0 Å². The molecule has 0 atom stereocenters. The van der Waals surface area contributed by atoms with E-state index in [-0.39, 0.29) is 12.7 Å². The lowest BCUT2D eigenvalue weighted by Crippen LogP contribution is -2.50. The van der Waals surface area contributed by atoms with E-state index in [4.69, 9.17) is 21.7 Å². The van der Waals surface area contributed by atoms with Crippen LogP contribution in [0.25, 0.3) is 0 Å². The number of amides is 1. The molecule has 0 aliphatic carbocycles. The van der Waals surface area contributed by atoms with E-state index in [1.54, 1.807) is 5.01 Å². The van der Waals surface area contributed by atoms with Crippen molar-refractivity contribution >= 4 is 23.2 Å². The first kappa shape index (κ1) is 16.8. The molecular weight excluding hydrogens is 326 g/mol. The summed E-state index contributed by atoms with van der Waals surface area (Å²) in [4.78, 5) is 12.7. The molecule has 0 saturated carbocycles. The van der Waals surface area contributed by atoms with Crippen LogP contribution in [-0.4, -0.2) is 47.5 Å². The largest absolute Gasteiger partial charge is 0.454 e. The number of nitrogens with one attached hydrogen (secondary N) is 1. The molecule has 0 spiro atoms. The smallest absolute Gasteiger partial charge is 0.245 e. The highest BCUT2D eigenvalue weighted by molar-refractivity contribution is 7.80. The highest BCUT2D eigenvalue weighted by Gasteiger charge is 2.28. The molecule has 0 aromatic heterocycles. The second kappa shape index (κ2) is 7.25. The van der Waals surface area contributed by atoms with Crippen LogP contribution in [0, 0.1) is 5.92 Å². The van der Waals surface area contributed by atoms with Crippen LogP contribution < -0.4 is 14.8 Å². The topological polar surface area (TPSA) is 54.0 Å². The normalized spacial score (nSPS) is 16.0. The van der Waals surface area contributed by atoms with Gasteiger partial charge in [0.1, 0.15) is 0 Å². The fourth-order valence-corrected chi connectivity index (χ4v) is 3.05. The van der Waals surface area contributed by atoms with Gasteiger partial charge in [-0.2, -0.15) is 0 Å². The first-order valence-corrected chi connectivity index (χ1v) is 8.69. The Morgan fingerprint density at radius 2 is 2.00 bits per heavy atom. The molecule has 1 amide bonds. The van der Waals surface area contributed by atoms with Crippen LogP contribution in [0.1, 0.15) is 25.8 Å². The van der Waals surface area contributed by atoms with Gasteiger partial charge in [-0.3, -0.25) is 14.8 Å². The molecule has 6 nitrogen and oxygen atoms in total. The van der Waals surface area contributed by atoms with Crippen molar-refractivity contribution in [2.45, 2.75) is 26.7 Å². The lowest BCUT2D eigenvalue weighted by atomic mass is 10.1. The average Bonchev–Trinajstić information content (AvgIpc) is 3.20. The van der Waals surface area contributed by atoms with E-state index in [0.29, 0.717) is 29.7 Å². The number of benzene rings is 1. The molecule has 1 aromatic carbocycles. The zero-order chi connectivity index (χ0) is 17.1. The van der Waals surface area contributed by atoms with E-state index < -0.39 is 0 Å². The highest BCUT2D eigenvalue weighted by Crippen LogP contribution is 2.32. The van der Waals surface area contributed by atoms with Crippen molar-refractivity contribution in [2.75, 3.05) is 26.4 Å². The minimum atomic E-state index is 0.0417. The summed E-state index contributed by atoms with van der Waals surface area (Å²) in [6.07, 6.45) is 1.25. The monoisotopic (exact) mass is 349 g/mol. The number of ether oxygens (including phenoxy) is 2. The fraction of sp³-hybridized carbons (Fsp3) is 0.529. The van der Waals surface area contributed by atoms with Gasteiger partial charge in [0.05, 0.1) is 6.42 Å². The Labute approximate surface area is 147 Å². The summed E-state index contributed by atoms with van der Waals surface area (Å²) in [5.74, 6) is 1.98. The minimum Gasteiger partial charge on any atom is -0.454 e. The summed E-state index contributed by atoms with van der Waals surface area (Å²) in [6, 6.07) is 5.62. The van der Waals surface area contributed by atoms with Gasteiger partial charge >= 0.3 is 0 Å². The molecule has 1 fully saturated rings. The molecule has 3 rings (SSSR count). The predicted octanol–water partition coefficient (Wildman–Crippen LogP) is 1.94. The second-order valence-electron chi connectivity index (χ2n) is 6.44. The highest BCUT2D eigenvalue weighted by atomic mass is 32.1. The second-order valence-corrected chi connectivity index (χ2v) is 6.82. The molecule has 24 heavy (non-hydrogen) atoms. The first-order valence-electron chi connectivity index (χ1n) is 8.29. The van der Waals surface area contributed by atoms with Crippen molar-refractivity contribution < 1.29 is 14.3 Å². The van der Waals surface area contributed by atoms with Gasteiger partial charge in [0, 0.05) is 19.6 Å². The van der Waals surface area contributed by atoms with Gasteiger partial charge in [0.15, 0.2) is 16.6 Å². The van der Waals surface area contributed by atoms with Gasteiger partial charge in [-0.05, 0) is 42.3 Å². The Hall–Kier alpha value is -2.02. The molecular formula is C17H23N3O3S. The third-order valence-electron chi connectivity index (χ3n) is 4.01. The van der Waals surface area contributed by atoms with Gasteiger partial charge < -0.3 is 14.8 Å². The molecule has 2 aliphatic rings. The molecule has 2 heterocycles. The molecule has 0 unspecified atom stereocenters. The van der Waals surface area contributed by atoms with Gasteiger partial charge in [0.25, 0.3) is 0 Å². The van der Waals surface area contributed by atoms with Gasteiger partial charge in [-0.15, -0.1) is 0 Å². The summed E-state index contributed by atoms with van der Waals surface area (Å²) in [7, 11) is 0. The first-order chi connectivity index (χ1) is 11.5. The maximum atomic E-state index is 12.7. The molecule has 2 aliphatic heterocycles. The lowest BCUT2D eigenvalue weighted by molar-refractivity contribution is -0.138. The van der Waals surface area contributed by atoms with Crippen molar-refractivity contribution in [3.8, 4) is 11.5 Å². The Kier molecular flexibility index (Phi) is 5.08. The van der Waals surface area contributed by atoms with E-state index in [1.807, 2.05) is 23.2 Å². The van der Waals surface area contributed by atoms with Crippen molar-refractivity contribution in [2.24, 2.45) is 5.92 Å². The van der Waals surface area contributed by atoms with Gasteiger partial charge in [-0.25, -0.2) is 0 Å². The maximum Gasteiger partial charge on any atom is 0.245 e. The summed E-state index contributed by atoms with van der Waals surface area (Å²) in [6.45, 7) is 6.77. The number of fused-ring (bicyclic) bond motifs is 1. The summed E-state index contributed by atoms with van der Waals surface area (Å²) < 4.78 is 10.7. The molecule has 1 aromatic rings. The van der Waals surface area contributed by atoms with Crippen LogP contribution >= 0.6 is 12.2 Å². The number of carbonyl (C=O) groups is 1. The van der Waals surface area contributed by atoms with E-state index in [1.165, 1.54) is 0 Å². The lowest BCUT2D eigenvalue weighted by Gasteiger charge is -2.30. The minimum absolute atomic E-state index is 0.0417. The van der Waals surface area contributed by atoms with Crippen LogP contribution in [0.2, 0.25) is 0 Å². The number of hydrazine groups is 1. The van der Waals surface area contributed by atoms with E-state index in [0.717, 1.165) is 30.8 Å². The Balaban J connectivity index is 1.62. The van der Waals surface area contributed by atoms with E-state index in [9.17, 15) is 4.79 Å². The number of rotatable bonds is 4. The fourth-order valence-electron chi connectivity index (χ4n) is 2.78. The van der Waals surface area contributed by atoms with Crippen LogP contribution in [0.15, 0.2) is 18.2 Å². The zero-order valence-electron chi connectivity index (χ0n) is 14.1. The number of hydrogen-bond acceptors (Lipinski definition) is 4. The molecule has 0 radical (unpaired) electrons. The number of hydrogen-bond donors (Lipinski definition) is 1. The van der Waals surface area contributed by atoms with Crippen LogP contribution in [0.5, 0.6) is 11.5 Å². The maximum absolute atomic E-state index is 12.7. The van der Waals surface area contributed by atoms with Gasteiger partial charge in [-0.1, -0.05) is 19.9 Å². The standard InChI is InChI=1S/C17H23N3O3S/c1-12(2)10-18-17(24)20-7-3-6-19(20)16(21)9-13-4-5-14-15(8-13)23-11-22-14/h4-5,8,12H,3,6-7,9-11H2,1-2H3,(H,18,24). The third kappa shape index (κ3) is 3.72. The van der Waals surface area contributed by atoms with Crippen molar-refractivity contribution in [1.82, 2.24) is 15.3 Å². The molecule has 1 N–H and O–H groups in total. The summed E-state index contributed by atoms with van der Waals surface area (Å²) >= 11 is 5.44. The Morgan fingerprint density at radius 3 is 2.79 bits per heavy atom. The SMILES string of the molecule is CC(C)CNC(=S)N1CCCN1C(=O)Cc1ccc2c(c1)OCO2. The van der Waals surface area contributed by atoms with Crippen LogP contribution in [-0.2, 0) is 11.2 Å². The number of nitrogens with zero attached hydrogens (tertiary/aromatic N) is 2. The Morgan fingerprint density at radius 1 is 1.25 bits per heavy atom. The van der Waals surface area contributed by atoms with Crippen LogP contribution in [0.3, 0.4) is 0 Å². The van der Waals surface area contributed by atoms with E-state index in [2.05, 4.69) is 19.2 Å². The van der Waals surface area contributed by atoms with Crippen molar-refractivity contribution in [3.05, 3.63) is 23.8 Å². The molecule has 130 valence electrons.